The van der Waals surface area contributed by atoms with Gasteiger partial charge in [-0.3, -0.25) is 4.98 Å². The Morgan fingerprint density at radius 3 is 2.14 bits per heavy atom. The van der Waals surface area contributed by atoms with Gasteiger partial charge in [-0.15, -0.1) is 0 Å². The normalized spacial score (nSPS) is 10.7. The molecule has 0 atom stereocenters. The molecule has 0 N–H and O–H groups in total. The van der Waals surface area contributed by atoms with E-state index in [1.165, 1.54) is 21.9 Å². The topological polar surface area (TPSA) is 12.9 Å². The highest BCUT2D eigenvalue weighted by Gasteiger charge is 2.03. The third kappa shape index (κ3) is 2.38. The second kappa shape index (κ2) is 5.45. The van der Waals surface area contributed by atoms with Crippen LogP contribution in [0.5, 0.6) is 0 Å². The van der Waals surface area contributed by atoms with Crippen LogP contribution in [-0.2, 0) is 0 Å². The van der Waals surface area contributed by atoms with Crippen molar-refractivity contribution in [1.82, 2.24) is 4.98 Å². The van der Waals surface area contributed by atoms with E-state index in [4.69, 9.17) is 0 Å². The summed E-state index contributed by atoms with van der Waals surface area (Å²) in [6.07, 6.45) is 1.83. The minimum atomic E-state index is 1.00. The van der Waals surface area contributed by atoms with E-state index in [-0.39, 0.29) is 0 Å². The molecule has 1 nitrogen and oxygen atoms in total. The molecule has 0 saturated heterocycles. The highest BCUT2D eigenvalue weighted by Crippen LogP contribution is 2.27. The number of pyridine rings is 1. The van der Waals surface area contributed by atoms with Gasteiger partial charge in [-0.2, -0.15) is 0 Å². The Bertz CT molecular complexity index is 926. The zero-order valence-electron chi connectivity index (χ0n) is 12.1. The van der Waals surface area contributed by atoms with Gasteiger partial charge in [0.05, 0.1) is 5.69 Å². The van der Waals surface area contributed by atoms with E-state index in [9.17, 15) is 0 Å². The van der Waals surface area contributed by atoms with E-state index < -0.39 is 0 Å². The molecule has 0 radical (unpaired) electrons. The second-order valence-corrected chi connectivity index (χ2v) is 5.36. The number of rotatable bonds is 2. The summed E-state index contributed by atoms with van der Waals surface area (Å²) >= 11 is 0. The molecule has 1 heteroatoms. The number of nitrogens with zero attached hydrogens (tertiary/aromatic N) is 1. The molecule has 0 unspecified atom stereocenters. The quantitative estimate of drug-likeness (QED) is 0.468. The van der Waals surface area contributed by atoms with Crippen molar-refractivity contribution >= 4 is 10.8 Å². The molecule has 3 aromatic carbocycles. The van der Waals surface area contributed by atoms with Gasteiger partial charge in [-0.1, -0.05) is 60.7 Å². The standard InChI is InChI=1S/C21H15N/c1-2-7-17-14-19(12-11-16(17)6-1)18-8-5-9-20(15-18)21-10-3-4-13-22-21/h1-15H. The predicted molar refractivity (Wildman–Crippen MR) is 92.6 cm³/mol. The number of hydrogen-bond acceptors (Lipinski definition) is 1. The van der Waals surface area contributed by atoms with Gasteiger partial charge in [-0.05, 0) is 46.2 Å². The van der Waals surface area contributed by atoms with Crippen LogP contribution in [0.15, 0.2) is 91.1 Å². The summed E-state index contributed by atoms with van der Waals surface area (Å²) in [7, 11) is 0. The zero-order chi connectivity index (χ0) is 14.8. The lowest BCUT2D eigenvalue weighted by Gasteiger charge is -2.07. The Hall–Kier alpha value is -2.93. The first-order chi connectivity index (χ1) is 10.9. The molecule has 1 aromatic heterocycles. The van der Waals surface area contributed by atoms with Gasteiger partial charge in [0.2, 0.25) is 0 Å². The number of hydrogen-bond donors (Lipinski definition) is 0. The number of fused-ring (bicyclic) bond motifs is 1. The molecule has 4 rings (SSSR count). The highest BCUT2D eigenvalue weighted by molar-refractivity contribution is 5.87. The summed E-state index contributed by atoms with van der Waals surface area (Å²) < 4.78 is 0. The van der Waals surface area contributed by atoms with Crippen molar-refractivity contribution in [3.05, 3.63) is 91.1 Å². The predicted octanol–water partition coefficient (Wildman–Crippen LogP) is 5.57. The van der Waals surface area contributed by atoms with Gasteiger partial charge in [0.25, 0.3) is 0 Å². The molecule has 22 heavy (non-hydrogen) atoms. The van der Waals surface area contributed by atoms with Gasteiger partial charge in [0.15, 0.2) is 0 Å². The molecule has 0 aliphatic carbocycles. The van der Waals surface area contributed by atoms with Crippen LogP contribution >= 0.6 is 0 Å². The van der Waals surface area contributed by atoms with E-state index in [0.717, 1.165) is 11.3 Å². The molecule has 0 bridgehead atoms. The van der Waals surface area contributed by atoms with Crippen molar-refractivity contribution in [2.24, 2.45) is 0 Å². The number of aromatic nitrogens is 1. The molecular weight excluding hydrogens is 266 g/mol. The second-order valence-electron chi connectivity index (χ2n) is 5.36. The Kier molecular flexibility index (Phi) is 3.17. The molecular formula is C21H15N. The Morgan fingerprint density at radius 2 is 1.27 bits per heavy atom. The molecule has 1 heterocycles. The first-order valence-corrected chi connectivity index (χ1v) is 7.41. The van der Waals surface area contributed by atoms with Crippen LogP contribution < -0.4 is 0 Å². The summed E-state index contributed by atoms with van der Waals surface area (Å²) in [4.78, 5) is 4.43. The van der Waals surface area contributed by atoms with Crippen LogP contribution in [-0.4, -0.2) is 4.98 Å². The van der Waals surface area contributed by atoms with Crippen molar-refractivity contribution in [3.63, 3.8) is 0 Å². The van der Waals surface area contributed by atoms with Crippen molar-refractivity contribution in [3.8, 4) is 22.4 Å². The fraction of sp³-hybridized carbons (Fsp3) is 0. The number of benzene rings is 3. The maximum absolute atomic E-state index is 4.43. The van der Waals surface area contributed by atoms with Crippen LogP contribution in [0.25, 0.3) is 33.2 Å². The third-order valence-electron chi connectivity index (χ3n) is 3.91. The first-order valence-electron chi connectivity index (χ1n) is 7.41. The van der Waals surface area contributed by atoms with Crippen LogP contribution in [0, 0.1) is 0 Å². The van der Waals surface area contributed by atoms with Crippen LogP contribution in [0.3, 0.4) is 0 Å². The maximum Gasteiger partial charge on any atom is 0.0702 e. The molecule has 0 spiro atoms. The van der Waals surface area contributed by atoms with E-state index in [0.29, 0.717) is 0 Å². The molecule has 0 saturated carbocycles. The van der Waals surface area contributed by atoms with Gasteiger partial charge in [-0.25, -0.2) is 0 Å². The van der Waals surface area contributed by atoms with Crippen molar-refractivity contribution < 1.29 is 0 Å². The minimum absolute atomic E-state index is 1.00. The smallest absolute Gasteiger partial charge is 0.0702 e. The van der Waals surface area contributed by atoms with Crippen LogP contribution in [0.1, 0.15) is 0 Å². The maximum atomic E-state index is 4.43. The van der Waals surface area contributed by atoms with E-state index in [1.807, 2.05) is 24.4 Å². The van der Waals surface area contributed by atoms with Gasteiger partial charge >= 0.3 is 0 Å². The molecule has 0 amide bonds. The molecule has 0 aliphatic heterocycles. The lowest BCUT2D eigenvalue weighted by molar-refractivity contribution is 1.33. The van der Waals surface area contributed by atoms with E-state index >= 15 is 0 Å². The first kappa shape index (κ1) is 12.8. The fourth-order valence-corrected chi connectivity index (χ4v) is 2.76. The summed E-state index contributed by atoms with van der Waals surface area (Å²) in [5.74, 6) is 0. The van der Waals surface area contributed by atoms with Crippen LogP contribution in [0.4, 0.5) is 0 Å². The lowest BCUT2D eigenvalue weighted by Crippen LogP contribution is -1.84. The van der Waals surface area contributed by atoms with Gasteiger partial charge in [0, 0.05) is 11.8 Å². The van der Waals surface area contributed by atoms with E-state index in [2.05, 4.69) is 71.7 Å². The SMILES string of the molecule is c1ccc(-c2cccc(-c3ccc4ccccc4c3)c2)nc1. The average molecular weight is 281 g/mol. The Labute approximate surface area is 129 Å². The summed E-state index contributed by atoms with van der Waals surface area (Å²) in [6.45, 7) is 0. The lowest BCUT2D eigenvalue weighted by atomic mass is 9.99. The molecule has 0 aliphatic rings. The summed E-state index contributed by atoms with van der Waals surface area (Å²) in [5, 5.41) is 2.54. The largest absolute Gasteiger partial charge is 0.256 e. The third-order valence-corrected chi connectivity index (χ3v) is 3.91. The zero-order valence-corrected chi connectivity index (χ0v) is 12.1. The minimum Gasteiger partial charge on any atom is -0.256 e. The summed E-state index contributed by atoms with van der Waals surface area (Å²) in [5.41, 5.74) is 4.60. The van der Waals surface area contributed by atoms with Crippen molar-refractivity contribution in [1.29, 1.82) is 0 Å². The molecule has 0 fully saturated rings. The fourth-order valence-electron chi connectivity index (χ4n) is 2.76. The molecule has 4 aromatic rings. The Balaban J connectivity index is 1.81. The van der Waals surface area contributed by atoms with E-state index in [1.54, 1.807) is 0 Å². The summed E-state index contributed by atoms with van der Waals surface area (Å²) in [6, 6.07) is 29.6. The van der Waals surface area contributed by atoms with Crippen molar-refractivity contribution in [2.75, 3.05) is 0 Å². The van der Waals surface area contributed by atoms with Gasteiger partial charge in [0.1, 0.15) is 0 Å². The monoisotopic (exact) mass is 281 g/mol. The molecule has 104 valence electrons. The van der Waals surface area contributed by atoms with Crippen molar-refractivity contribution in [2.45, 2.75) is 0 Å². The Morgan fingerprint density at radius 1 is 0.500 bits per heavy atom. The van der Waals surface area contributed by atoms with Gasteiger partial charge < -0.3 is 0 Å². The van der Waals surface area contributed by atoms with Crippen LogP contribution in [0.2, 0.25) is 0 Å². The average Bonchev–Trinajstić information content (AvgIpc) is 2.62. The highest BCUT2D eigenvalue weighted by atomic mass is 14.7.